The van der Waals surface area contributed by atoms with E-state index < -0.39 is 0 Å². The largest absolute Gasteiger partial charge is 0.368 e. The minimum absolute atomic E-state index is 0.148. The molecule has 2 rings (SSSR count). The van der Waals surface area contributed by atoms with Crippen LogP contribution in [0.15, 0.2) is 18.5 Å². The summed E-state index contributed by atoms with van der Waals surface area (Å²) in [6, 6.07) is 2.15. The highest BCUT2D eigenvalue weighted by Crippen LogP contribution is 2.26. The summed E-state index contributed by atoms with van der Waals surface area (Å²) in [5, 5.41) is 3.77. The maximum Gasteiger partial charge on any atom is 0.220 e. The number of rotatable bonds is 4. The molecule has 0 unspecified atom stereocenters. The number of carbonyl (C=O) groups is 1. The Morgan fingerprint density at radius 2 is 2.47 bits per heavy atom. The van der Waals surface area contributed by atoms with Crippen molar-refractivity contribution in [3.63, 3.8) is 0 Å². The fourth-order valence-electron chi connectivity index (χ4n) is 2.46. The summed E-state index contributed by atoms with van der Waals surface area (Å²) in [4.78, 5) is 17.9. The van der Waals surface area contributed by atoms with Crippen molar-refractivity contribution in [2.45, 2.75) is 38.6 Å². The standard InChI is InChI=1S/C14H20ClN3O/c1-2-4-14(19)17-11-5-3-8-18(10-11)13-6-7-16-9-12(13)15/h6-7,9,11H,2-5,8,10H2,1H3,(H,17,19)/t11-/m1/s1. The lowest BCUT2D eigenvalue weighted by molar-refractivity contribution is -0.121. The molecular formula is C14H20ClN3O. The molecule has 1 aromatic heterocycles. The number of hydrogen-bond donors (Lipinski definition) is 1. The first-order valence-corrected chi connectivity index (χ1v) is 7.22. The Bertz CT molecular complexity index is 438. The molecule has 1 aromatic rings. The lowest BCUT2D eigenvalue weighted by Gasteiger charge is -2.35. The number of nitrogens with one attached hydrogen (secondary N) is 1. The third-order valence-electron chi connectivity index (χ3n) is 3.36. The molecule has 1 N–H and O–H groups in total. The smallest absolute Gasteiger partial charge is 0.220 e. The van der Waals surface area contributed by atoms with Crippen LogP contribution in [0, 0.1) is 0 Å². The maximum absolute atomic E-state index is 11.7. The number of aromatic nitrogens is 1. The van der Waals surface area contributed by atoms with Crippen LogP contribution in [0.25, 0.3) is 0 Å². The summed E-state index contributed by atoms with van der Waals surface area (Å²) in [5.41, 5.74) is 1.01. The molecule has 1 aliphatic heterocycles. The van der Waals surface area contributed by atoms with E-state index in [0.29, 0.717) is 11.4 Å². The molecule has 104 valence electrons. The van der Waals surface area contributed by atoms with E-state index in [0.717, 1.165) is 38.0 Å². The Hall–Kier alpha value is -1.29. The zero-order valence-electron chi connectivity index (χ0n) is 11.2. The van der Waals surface area contributed by atoms with Gasteiger partial charge in [-0.3, -0.25) is 9.78 Å². The Kier molecular flexibility index (Phi) is 5.02. The highest BCUT2D eigenvalue weighted by atomic mass is 35.5. The molecule has 4 nitrogen and oxygen atoms in total. The third kappa shape index (κ3) is 3.83. The van der Waals surface area contributed by atoms with Crippen LogP contribution in [0.1, 0.15) is 32.6 Å². The lowest BCUT2D eigenvalue weighted by Crippen LogP contribution is -2.47. The molecule has 19 heavy (non-hydrogen) atoms. The van der Waals surface area contributed by atoms with Crippen molar-refractivity contribution in [3.05, 3.63) is 23.5 Å². The first kappa shape index (κ1) is 14.1. The summed E-state index contributed by atoms with van der Waals surface area (Å²) >= 11 is 6.17. The number of pyridine rings is 1. The molecule has 1 atom stereocenters. The van der Waals surface area contributed by atoms with Crippen LogP contribution in [0.2, 0.25) is 5.02 Å². The van der Waals surface area contributed by atoms with E-state index >= 15 is 0 Å². The maximum atomic E-state index is 11.7. The monoisotopic (exact) mass is 281 g/mol. The zero-order chi connectivity index (χ0) is 13.7. The van der Waals surface area contributed by atoms with Gasteiger partial charge in [0.2, 0.25) is 5.91 Å². The van der Waals surface area contributed by atoms with Gasteiger partial charge in [0.1, 0.15) is 0 Å². The van der Waals surface area contributed by atoms with Crippen molar-refractivity contribution in [2.75, 3.05) is 18.0 Å². The summed E-state index contributed by atoms with van der Waals surface area (Å²) in [6.07, 6.45) is 7.01. The first-order valence-electron chi connectivity index (χ1n) is 6.84. The molecule has 0 saturated carbocycles. The number of hydrogen-bond acceptors (Lipinski definition) is 3. The Morgan fingerprint density at radius 3 is 3.21 bits per heavy atom. The second kappa shape index (κ2) is 6.75. The highest BCUT2D eigenvalue weighted by Gasteiger charge is 2.22. The lowest BCUT2D eigenvalue weighted by atomic mass is 10.0. The molecule has 0 spiro atoms. The van der Waals surface area contributed by atoms with Gasteiger partial charge in [-0.1, -0.05) is 18.5 Å². The predicted molar refractivity (Wildman–Crippen MR) is 77.5 cm³/mol. The number of anilines is 1. The van der Waals surface area contributed by atoms with Gasteiger partial charge in [0.25, 0.3) is 0 Å². The minimum Gasteiger partial charge on any atom is -0.368 e. The molecular weight excluding hydrogens is 262 g/mol. The predicted octanol–water partition coefficient (Wildman–Crippen LogP) is 2.62. The average Bonchev–Trinajstić information content (AvgIpc) is 2.40. The van der Waals surface area contributed by atoms with E-state index in [-0.39, 0.29) is 11.9 Å². The third-order valence-corrected chi connectivity index (χ3v) is 3.65. The molecule has 1 fully saturated rings. The van der Waals surface area contributed by atoms with Crippen molar-refractivity contribution in [1.29, 1.82) is 0 Å². The van der Waals surface area contributed by atoms with Gasteiger partial charge in [0, 0.05) is 37.9 Å². The summed E-state index contributed by atoms with van der Waals surface area (Å²) < 4.78 is 0. The second-order valence-electron chi connectivity index (χ2n) is 4.93. The van der Waals surface area contributed by atoms with Gasteiger partial charge in [-0.25, -0.2) is 0 Å². The zero-order valence-corrected chi connectivity index (χ0v) is 12.0. The summed E-state index contributed by atoms with van der Waals surface area (Å²) in [6.45, 7) is 3.81. The highest BCUT2D eigenvalue weighted by molar-refractivity contribution is 6.33. The van der Waals surface area contributed by atoms with Crippen LogP contribution >= 0.6 is 11.6 Å². The van der Waals surface area contributed by atoms with Crippen LogP contribution in [-0.4, -0.2) is 30.0 Å². The van der Waals surface area contributed by atoms with E-state index in [4.69, 9.17) is 11.6 Å². The normalized spacial score (nSPS) is 19.3. The van der Waals surface area contributed by atoms with Crippen LogP contribution in [0.4, 0.5) is 5.69 Å². The molecule has 1 aliphatic rings. The summed E-state index contributed by atoms with van der Waals surface area (Å²) in [5.74, 6) is 0.148. The molecule has 5 heteroatoms. The van der Waals surface area contributed by atoms with Gasteiger partial charge in [-0.05, 0) is 25.3 Å². The number of nitrogens with zero attached hydrogens (tertiary/aromatic N) is 2. The van der Waals surface area contributed by atoms with Gasteiger partial charge in [-0.2, -0.15) is 0 Å². The minimum atomic E-state index is 0.148. The fourth-order valence-corrected chi connectivity index (χ4v) is 2.70. The van der Waals surface area contributed by atoms with E-state index in [2.05, 4.69) is 15.2 Å². The SMILES string of the molecule is CCCC(=O)N[C@@H]1CCCN(c2ccncc2Cl)C1. The van der Waals surface area contributed by atoms with Crippen molar-refractivity contribution in [1.82, 2.24) is 10.3 Å². The van der Waals surface area contributed by atoms with Crippen LogP contribution < -0.4 is 10.2 Å². The van der Waals surface area contributed by atoms with Crippen molar-refractivity contribution in [2.24, 2.45) is 0 Å². The van der Waals surface area contributed by atoms with Crippen LogP contribution in [0.5, 0.6) is 0 Å². The number of amides is 1. The van der Waals surface area contributed by atoms with Crippen molar-refractivity contribution >= 4 is 23.2 Å². The number of piperidine rings is 1. The van der Waals surface area contributed by atoms with E-state index in [1.165, 1.54) is 0 Å². The van der Waals surface area contributed by atoms with Gasteiger partial charge in [0.15, 0.2) is 0 Å². The second-order valence-corrected chi connectivity index (χ2v) is 5.34. The number of carbonyl (C=O) groups excluding carboxylic acids is 1. The molecule has 0 aromatic carbocycles. The molecule has 0 aliphatic carbocycles. The fraction of sp³-hybridized carbons (Fsp3) is 0.571. The van der Waals surface area contributed by atoms with E-state index in [1.54, 1.807) is 12.4 Å². The number of halogens is 1. The van der Waals surface area contributed by atoms with E-state index in [9.17, 15) is 4.79 Å². The van der Waals surface area contributed by atoms with Gasteiger partial charge in [0.05, 0.1) is 10.7 Å². The van der Waals surface area contributed by atoms with Gasteiger partial charge in [-0.15, -0.1) is 0 Å². The Labute approximate surface area is 119 Å². The quantitative estimate of drug-likeness (QED) is 0.923. The molecule has 1 saturated heterocycles. The molecule has 1 amide bonds. The van der Waals surface area contributed by atoms with Gasteiger partial charge >= 0.3 is 0 Å². The first-order chi connectivity index (χ1) is 9.20. The van der Waals surface area contributed by atoms with Gasteiger partial charge < -0.3 is 10.2 Å². The van der Waals surface area contributed by atoms with Crippen LogP contribution in [-0.2, 0) is 4.79 Å². The van der Waals surface area contributed by atoms with E-state index in [1.807, 2.05) is 13.0 Å². The topological polar surface area (TPSA) is 45.2 Å². The Morgan fingerprint density at radius 1 is 1.63 bits per heavy atom. The average molecular weight is 282 g/mol. The molecule has 0 radical (unpaired) electrons. The summed E-state index contributed by atoms with van der Waals surface area (Å²) in [7, 11) is 0. The Balaban J connectivity index is 1.97. The molecule has 2 heterocycles. The van der Waals surface area contributed by atoms with Crippen molar-refractivity contribution < 1.29 is 4.79 Å². The van der Waals surface area contributed by atoms with Crippen molar-refractivity contribution in [3.8, 4) is 0 Å². The molecule has 0 bridgehead atoms. The van der Waals surface area contributed by atoms with Crippen LogP contribution in [0.3, 0.4) is 0 Å².